The Morgan fingerprint density at radius 2 is 1.71 bits per heavy atom. The zero-order valence-electron chi connectivity index (χ0n) is 19.3. The lowest BCUT2D eigenvalue weighted by molar-refractivity contribution is 0.119. The third-order valence-corrected chi connectivity index (χ3v) is 6.09. The van der Waals surface area contributed by atoms with Gasteiger partial charge in [0.05, 0.1) is 30.9 Å². The van der Waals surface area contributed by atoms with Gasteiger partial charge in [-0.1, -0.05) is 48.6 Å². The molecule has 3 aromatic rings. The molecule has 34 heavy (non-hydrogen) atoms. The summed E-state index contributed by atoms with van der Waals surface area (Å²) in [5.74, 6) is 1.65. The van der Waals surface area contributed by atoms with Crippen molar-refractivity contribution in [1.82, 2.24) is 0 Å². The minimum atomic E-state index is 0.526. The van der Waals surface area contributed by atoms with Crippen molar-refractivity contribution in [1.29, 1.82) is 0 Å². The first kappa shape index (κ1) is 22.2. The molecule has 4 heteroatoms. The summed E-state index contributed by atoms with van der Waals surface area (Å²) >= 11 is 0. The number of nitrogens with zero attached hydrogens (tertiary/aromatic N) is 1. The van der Waals surface area contributed by atoms with Gasteiger partial charge in [-0.05, 0) is 72.9 Å². The largest absolute Gasteiger partial charge is 0.493 e. The summed E-state index contributed by atoms with van der Waals surface area (Å²) in [7, 11) is 0. The van der Waals surface area contributed by atoms with Gasteiger partial charge in [0.1, 0.15) is 18.1 Å². The molecular weight excluding hydrogens is 422 g/mol. The van der Waals surface area contributed by atoms with Gasteiger partial charge in [-0.25, -0.2) is 4.99 Å². The van der Waals surface area contributed by atoms with Gasteiger partial charge in [0.25, 0.3) is 0 Å². The van der Waals surface area contributed by atoms with E-state index in [4.69, 9.17) is 19.2 Å². The van der Waals surface area contributed by atoms with Gasteiger partial charge in [0.15, 0.2) is 0 Å². The van der Waals surface area contributed by atoms with E-state index in [2.05, 4.69) is 30.9 Å². The molecule has 0 aromatic heterocycles. The van der Waals surface area contributed by atoms with Crippen molar-refractivity contribution in [2.75, 3.05) is 19.8 Å². The Kier molecular flexibility index (Phi) is 6.87. The predicted octanol–water partition coefficient (Wildman–Crippen LogP) is 5.53. The second-order valence-corrected chi connectivity index (χ2v) is 8.57. The average molecular weight is 452 g/mol. The minimum absolute atomic E-state index is 0.526. The lowest BCUT2D eigenvalue weighted by atomic mass is 10.0. The smallest absolute Gasteiger partial charge is 0.120 e. The highest BCUT2D eigenvalue weighted by Gasteiger charge is 2.10. The van der Waals surface area contributed by atoms with Crippen molar-refractivity contribution in [2.45, 2.75) is 25.9 Å². The van der Waals surface area contributed by atoms with Crippen molar-refractivity contribution in [3.8, 4) is 11.5 Å². The van der Waals surface area contributed by atoms with Gasteiger partial charge >= 0.3 is 0 Å². The fourth-order valence-electron chi connectivity index (χ4n) is 4.21. The van der Waals surface area contributed by atoms with Crippen LogP contribution in [0.2, 0.25) is 0 Å². The van der Waals surface area contributed by atoms with Crippen molar-refractivity contribution in [3.63, 3.8) is 0 Å². The zero-order valence-corrected chi connectivity index (χ0v) is 19.3. The molecule has 0 unspecified atom stereocenters. The third kappa shape index (κ3) is 5.46. The quantitative estimate of drug-likeness (QED) is 0.350. The lowest BCUT2D eigenvalue weighted by Crippen LogP contribution is -2.23. The number of ether oxygens (including phenoxy) is 3. The topological polar surface area (TPSA) is 40.0 Å². The minimum Gasteiger partial charge on any atom is -0.493 e. The first-order chi connectivity index (χ1) is 16.7. The average Bonchev–Trinajstić information content (AvgIpc) is 3.02. The van der Waals surface area contributed by atoms with E-state index in [-0.39, 0.29) is 0 Å². The number of hydrogen-bond acceptors (Lipinski definition) is 4. The van der Waals surface area contributed by atoms with Crippen molar-refractivity contribution in [2.24, 2.45) is 4.99 Å². The molecule has 3 aromatic carbocycles. The highest BCUT2D eigenvalue weighted by atomic mass is 16.5. The summed E-state index contributed by atoms with van der Waals surface area (Å²) in [6.45, 7) is 7.16. The molecule has 4 nitrogen and oxygen atoms in total. The standard InChI is InChI=1S/C30H29NO3/c1-22-18-25-19-26(33-15-5-8-23-13-16-32-17-14-23)9-11-29(25)31-30-12-10-27(20-28(22)30)34-21-24-6-3-2-4-7-24/h2-4,6-12,18-20H,1,5,13-17,21H2. The van der Waals surface area contributed by atoms with Crippen LogP contribution in [-0.2, 0) is 11.3 Å². The summed E-state index contributed by atoms with van der Waals surface area (Å²) in [4.78, 5) is 4.89. The van der Waals surface area contributed by atoms with E-state index in [1.165, 1.54) is 5.57 Å². The lowest BCUT2D eigenvalue weighted by Gasteiger charge is -2.14. The second-order valence-electron chi connectivity index (χ2n) is 8.57. The predicted molar refractivity (Wildman–Crippen MR) is 136 cm³/mol. The summed E-state index contributed by atoms with van der Waals surface area (Å²) < 4.78 is 17.4. The van der Waals surface area contributed by atoms with Crippen LogP contribution in [0.3, 0.4) is 0 Å². The summed E-state index contributed by atoms with van der Waals surface area (Å²) in [6, 6.07) is 22.2. The Labute approximate surface area is 200 Å². The molecular formula is C30H29NO3. The Bertz CT molecular complexity index is 1320. The first-order valence-electron chi connectivity index (χ1n) is 11.8. The Balaban J connectivity index is 1.29. The maximum Gasteiger partial charge on any atom is 0.120 e. The van der Waals surface area contributed by atoms with Crippen LogP contribution in [0.1, 0.15) is 30.4 Å². The molecule has 172 valence electrons. The molecule has 0 N–H and O–H groups in total. The molecule has 0 saturated carbocycles. The fraction of sp³-hybridized carbons (Fsp3) is 0.233. The Hall–Kier alpha value is -3.63. The molecule has 5 rings (SSSR count). The van der Waals surface area contributed by atoms with E-state index >= 15 is 0 Å². The number of rotatable bonds is 7. The molecule has 0 spiro atoms. The monoisotopic (exact) mass is 451 g/mol. The van der Waals surface area contributed by atoms with Gasteiger partial charge in [0, 0.05) is 10.8 Å². The van der Waals surface area contributed by atoms with E-state index < -0.39 is 0 Å². The maximum absolute atomic E-state index is 6.02. The summed E-state index contributed by atoms with van der Waals surface area (Å²) in [5, 5.41) is 1.92. The molecule has 2 aliphatic rings. The van der Waals surface area contributed by atoms with Gasteiger partial charge in [-0.15, -0.1) is 0 Å². The SMILES string of the molecule is C=C1C=c2cc(OCCC=C3CCOCC3)ccc2=Nc2ccc(OCc3ccccc3)cc21. The molecule has 2 heterocycles. The van der Waals surface area contributed by atoms with Crippen LogP contribution < -0.4 is 20.0 Å². The molecule has 0 amide bonds. The van der Waals surface area contributed by atoms with E-state index in [1.807, 2.05) is 54.6 Å². The Morgan fingerprint density at radius 1 is 0.912 bits per heavy atom. The normalized spacial score (nSPS) is 14.7. The van der Waals surface area contributed by atoms with Crippen LogP contribution >= 0.6 is 0 Å². The molecule has 2 aliphatic heterocycles. The van der Waals surface area contributed by atoms with Crippen LogP contribution in [0.15, 0.2) is 90.0 Å². The van der Waals surface area contributed by atoms with Crippen LogP contribution in [0, 0.1) is 0 Å². The van der Waals surface area contributed by atoms with E-state index in [0.29, 0.717) is 13.2 Å². The number of allylic oxidation sites excluding steroid dienone is 1. The third-order valence-electron chi connectivity index (χ3n) is 6.09. The van der Waals surface area contributed by atoms with Crippen molar-refractivity contribution >= 4 is 17.3 Å². The molecule has 0 bridgehead atoms. The van der Waals surface area contributed by atoms with E-state index in [9.17, 15) is 0 Å². The summed E-state index contributed by atoms with van der Waals surface area (Å²) in [6.07, 6.45) is 7.35. The van der Waals surface area contributed by atoms with Gasteiger partial charge in [0.2, 0.25) is 0 Å². The van der Waals surface area contributed by atoms with E-state index in [0.717, 1.165) is 76.9 Å². The molecule has 1 saturated heterocycles. The van der Waals surface area contributed by atoms with Gasteiger partial charge < -0.3 is 14.2 Å². The van der Waals surface area contributed by atoms with Crippen LogP contribution in [0.25, 0.3) is 11.6 Å². The van der Waals surface area contributed by atoms with Crippen molar-refractivity contribution < 1.29 is 14.2 Å². The van der Waals surface area contributed by atoms with Gasteiger partial charge in [-0.2, -0.15) is 0 Å². The number of fused-ring (bicyclic) bond motifs is 2. The highest BCUT2D eigenvalue weighted by Crippen LogP contribution is 2.31. The van der Waals surface area contributed by atoms with Crippen molar-refractivity contribution in [3.05, 3.63) is 107 Å². The highest BCUT2D eigenvalue weighted by molar-refractivity contribution is 5.92. The van der Waals surface area contributed by atoms with Crippen LogP contribution in [0.4, 0.5) is 5.69 Å². The fourth-order valence-corrected chi connectivity index (χ4v) is 4.21. The molecule has 0 atom stereocenters. The maximum atomic E-state index is 6.02. The second kappa shape index (κ2) is 10.5. The zero-order chi connectivity index (χ0) is 23.2. The molecule has 1 fully saturated rings. The first-order valence-corrected chi connectivity index (χ1v) is 11.8. The molecule has 0 aliphatic carbocycles. The van der Waals surface area contributed by atoms with Crippen LogP contribution in [-0.4, -0.2) is 19.8 Å². The number of benzene rings is 3. The number of hydrogen-bond donors (Lipinski definition) is 0. The van der Waals surface area contributed by atoms with Crippen LogP contribution in [0.5, 0.6) is 11.5 Å². The van der Waals surface area contributed by atoms with E-state index in [1.54, 1.807) is 0 Å². The molecule has 0 radical (unpaired) electrons. The summed E-state index contributed by atoms with van der Waals surface area (Å²) in [5.41, 5.74) is 5.39. The van der Waals surface area contributed by atoms with Gasteiger partial charge in [-0.3, -0.25) is 0 Å². The Morgan fingerprint density at radius 3 is 2.56 bits per heavy atom.